The van der Waals surface area contributed by atoms with Crippen LogP contribution in [0.15, 0.2) is 111 Å². The number of primary amides is 2. The van der Waals surface area contributed by atoms with Crippen LogP contribution in [0.1, 0.15) is 72.9 Å². The Morgan fingerprint density at radius 2 is 1.05 bits per heavy atom. The largest absolute Gasteiger partial charge is 0.508 e. The number of benzene rings is 2. The van der Waals surface area contributed by atoms with Gasteiger partial charge in [-0.15, -0.1) is 0 Å². The Bertz CT molecular complexity index is 3850. The number of phenolic OH excluding ortho intramolecular Hbond substituents is 2. The Kier molecular flexibility index (Phi) is 25.6. The van der Waals surface area contributed by atoms with Crippen LogP contribution in [-0.2, 0) is 64.0 Å². The number of aliphatic hydroxyl groups excluding tert-OH is 4. The summed E-state index contributed by atoms with van der Waals surface area (Å²) >= 11 is 3.66. The van der Waals surface area contributed by atoms with E-state index in [1.54, 1.807) is 57.1 Å². The Labute approximate surface area is 568 Å². The molecule has 461 valence electrons. The summed E-state index contributed by atoms with van der Waals surface area (Å²) in [4.78, 5) is 101. The van der Waals surface area contributed by atoms with E-state index in [-0.39, 0.29) is 64.8 Å². The van der Waals surface area contributed by atoms with Crippen molar-refractivity contribution < 1.29 is 79.2 Å². The average molecular weight is 1460 g/mol. The van der Waals surface area contributed by atoms with Gasteiger partial charge in [0.1, 0.15) is 45.7 Å². The van der Waals surface area contributed by atoms with Crippen LogP contribution >= 0.6 is 45.5 Å². The fraction of sp³-hybridized carbons (Fsp3) is 0.367. The van der Waals surface area contributed by atoms with Gasteiger partial charge in [0.15, 0.2) is 22.8 Å². The molecule has 1 saturated heterocycles. The minimum atomic E-state index is -2.62. The maximum Gasteiger partial charge on any atom is 0.255 e. The van der Waals surface area contributed by atoms with Gasteiger partial charge < -0.3 is 52.3 Å². The highest BCUT2D eigenvalue weighted by molar-refractivity contribution is 14.1. The molecule has 6 aliphatic carbocycles. The fourth-order valence-corrected chi connectivity index (χ4v) is 13.7. The first-order chi connectivity index (χ1) is 43.1. The maximum atomic E-state index is 13.7. The number of fused-ring (bicyclic) bond motifs is 6. The third kappa shape index (κ3) is 14.5. The van der Waals surface area contributed by atoms with Crippen molar-refractivity contribution >= 4 is 169 Å². The zero-order chi connectivity index (χ0) is 69.5. The van der Waals surface area contributed by atoms with Gasteiger partial charge in [0.05, 0.1) is 49.6 Å². The molecule has 0 spiro atoms. The van der Waals surface area contributed by atoms with Crippen molar-refractivity contribution in [1.29, 1.82) is 0 Å². The molecular weight excluding hydrogens is 1400 g/mol. The number of rotatable bonds is 9. The second-order valence-electron chi connectivity index (χ2n) is 22.5. The Hall–Kier alpha value is -7.18. The number of halogens is 2. The highest BCUT2D eigenvalue weighted by atomic mass is 127. The van der Waals surface area contributed by atoms with Gasteiger partial charge >= 0.3 is 0 Å². The molecular formula is C60H59B9I2N5O16. The normalized spacial score (nSPS) is 23.8. The minimum Gasteiger partial charge on any atom is -0.508 e. The first-order valence-electron chi connectivity index (χ1n) is 28.4. The van der Waals surface area contributed by atoms with E-state index in [0.29, 0.717) is 53.2 Å². The number of carbonyl (C=O) groups is 8. The van der Waals surface area contributed by atoms with E-state index in [2.05, 4.69) is 59.0 Å². The molecule has 2 aromatic rings. The highest BCUT2D eigenvalue weighted by Crippen LogP contribution is 2.55. The number of aliphatic hydroxyl groups is 6. The van der Waals surface area contributed by atoms with Gasteiger partial charge in [0.25, 0.3) is 11.8 Å². The van der Waals surface area contributed by atoms with Crippen molar-refractivity contribution in [3.05, 3.63) is 148 Å². The SMILES string of the molecule is C=C=C=C=C=C=C=C=C=C.CCc1cc(I)c(O)c2c1C[C@H]1C[C@H]3[C@H](N(C)C)C(=O)C(C(N)=O)=C(O)[C@@]3(O)C(=O)C1=C2O.CCc1ccc(O)c2c1C[C@H]1C[C@H]3[C@H](N(C)C)C(=O)C(C(N)=O)=C(O)[C@@]3(O)C(=O)C1=C2O.O=C1CCC(=O)N1I.[B][B]B(B([B])[B])B([B])[B]. The molecule has 12 N–H and O–H groups in total. The van der Waals surface area contributed by atoms with Crippen molar-refractivity contribution in [3.8, 4) is 11.5 Å². The summed E-state index contributed by atoms with van der Waals surface area (Å²) in [7, 11) is 33.7. The lowest BCUT2D eigenvalue weighted by molar-refractivity contribution is -0.155. The first kappa shape index (κ1) is 75.5. The molecule has 11 radical (unpaired) electrons. The van der Waals surface area contributed by atoms with Crippen molar-refractivity contribution in [2.75, 3.05) is 28.2 Å². The van der Waals surface area contributed by atoms with Crippen LogP contribution in [0.5, 0.6) is 11.5 Å². The smallest absolute Gasteiger partial charge is 0.255 e. The van der Waals surface area contributed by atoms with Gasteiger partial charge in [-0.3, -0.25) is 48.2 Å². The number of phenols is 2. The lowest BCUT2D eigenvalue weighted by Gasteiger charge is -2.50. The second-order valence-corrected chi connectivity index (χ2v) is 24.7. The zero-order valence-electron chi connectivity index (χ0n) is 51.1. The molecule has 4 amide bonds. The summed E-state index contributed by atoms with van der Waals surface area (Å²) in [6.45, 7) is 10.4. The van der Waals surface area contributed by atoms with Crippen LogP contribution in [0, 0.1) is 27.2 Å². The number of nitrogens with zero attached hydrogens (tertiary/aromatic N) is 3. The lowest BCUT2D eigenvalue weighted by Crippen LogP contribution is -2.65. The third-order valence-electron chi connectivity index (χ3n) is 16.8. The van der Waals surface area contributed by atoms with E-state index < -0.39 is 129 Å². The highest BCUT2D eigenvalue weighted by Gasteiger charge is 2.66. The van der Waals surface area contributed by atoms with E-state index in [0.717, 1.165) is 14.2 Å². The molecule has 92 heavy (non-hydrogen) atoms. The van der Waals surface area contributed by atoms with Gasteiger partial charge in [0.2, 0.25) is 23.4 Å². The minimum absolute atomic E-state index is 0.0735. The van der Waals surface area contributed by atoms with Crippen LogP contribution in [0.2, 0.25) is 0 Å². The van der Waals surface area contributed by atoms with E-state index in [4.69, 9.17) is 50.2 Å². The lowest BCUT2D eigenvalue weighted by atomic mass is 8.64. The molecule has 8 atom stereocenters. The van der Waals surface area contributed by atoms with Crippen molar-refractivity contribution in [2.24, 2.45) is 35.1 Å². The quantitative estimate of drug-likeness (QED) is 0.0414. The fourth-order valence-electron chi connectivity index (χ4n) is 12.6. The summed E-state index contributed by atoms with van der Waals surface area (Å²) in [5.41, 5.74) is 26.4. The maximum absolute atomic E-state index is 13.7. The van der Waals surface area contributed by atoms with Gasteiger partial charge in [-0.25, -0.2) is 3.11 Å². The number of imide groups is 1. The second kappa shape index (κ2) is 31.2. The number of likely N-dealkylation sites (N-methyl/N-ethyl adjacent to an activating group) is 2. The number of nitrogens with two attached hydrogens (primary N) is 2. The number of hydrogen-bond acceptors (Lipinski definition) is 18. The van der Waals surface area contributed by atoms with E-state index in [1.807, 2.05) is 42.5 Å². The van der Waals surface area contributed by atoms with Gasteiger partial charge in [-0.05, 0) is 183 Å². The van der Waals surface area contributed by atoms with Crippen molar-refractivity contribution in [1.82, 2.24) is 12.9 Å². The van der Waals surface area contributed by atoms with Crippen LogP contribution in [0.4, 0.5) is 0 Å². The summed E-state index contributed by atoms with van der Waals surface area (Å²) in [6, 6.07) is 2.85. The zero-order valence-corrected chi connectivity index (χ0v) is 55.4. The Balaban J connectivity index is 0.000000239. The molecule has 32 heteroatoms. The predicted molar refractivity (Wildman–Crippen MR) is 366 cm³/mol. The topological polar surface area (TPSA) is 360 Å². The molecule has 2 saturated carbocycles. The Morgan fingerprint density at radius 3 is 1.37 bits per heavy atom. The van der Waals surface area contributed by atoms with Gasteiger partial charge in [0, 0.05) is 101 Å². The predicted octanol–water partition coefficient (Wildman–Crippen LogP) is 0.759. The average Bonchev–Trinajstić information content (AvgIpc) is 0.715. The molecule has 1 heterocycles. The molecule has 3 fully saturated rings. The summed E-state index contributed by atoms with van der Waals surface area (Å²) in [5, 5.41) is 87.9. The number of ketones is 4. The molecule has 0 bridgehead atoms. The number of carbonyl (C=O) groups excluding carboxylic acids is 8. The number of hydrogen-bond donors (Lipinski definition) is 10. The molecule has 1 aliphatic heterocycles. The van der Waals surface area contributed by atoms with Gasteiger partial charge in [-0.2, -0.15) is 0 Å². The first-order valence-corrected chi connectivity index (χ1v) is 30.4. The number of Topliss-reactive ketones (excluding diaryl/α,β-unsaturated/α-hetero) is 4. The van der Waals surface area contributed by atoms with E-state index in [9.17, 15) is 79.2 Å². The molecule has 0 aromatic heterocycles. The van der Waals surface area contributed by atoms with Crippen LogP contribution in [0.25, 0.3) is 11.5 Å². The molecule has 0 unspecified atom stereocenters. The summed E-state index contributed by atoms with van der Waals surface area (Å²) < 4.78 is 1.64. The van der Waals surface area contributed by atoms with E-state index in [1.165, 1.54) is 22.9 Å². The van der Waals surface area contributed by atoms with E-state index >= 15 is 0 Å². The summed E-state index contributed by atoms with van der Waals surface area (Å²) in [5.74, 6) is -12.9. The van der Waals surface area contributed by atoms with Crippen LogP contribution < -0.4 is 11.5 Å². The monoisotopic (exact) mass is 1460 g/mol. The van der Waals surface area contributed by atoms with Gasteiger partial charge in [-0.1, -0.05) is 31.4 Å². The number of aryl methyl sites for hydroxylation is 2. The molecule has 2 aromatic carbocycles. The number of aromatic hydroxyl groups is 2. The molecule has 9 rings (SSSR count). The van der Waals surface area contributed by atoms with Crippen molar-refractivity contribution in [2.45, 2.75) is 88.5 Å². The molecule has 7 aliphatic rings. The third-order valence-corrected chi connectivity index (χ3v) is 18.7. The number of amides is 4. The van der Waals surface area contributed by atoms with Crippen LogP contribution in [0.3, 0.4) is 0 Å². The van der Waals surface area contributed by atoms with Crippen molar-refractivity contribution in [3.63, 3.8) is 0 Å². The standard InChI is InChI=1S/C23H25IN2O7.C23H26N2O7.C10H4.C4H4INO2.B9/c1-4-8-7-12(24)17(27)14-10(8)5-9-6-11-16(26(2)3)19(29)15(22(25)32)21(31)23(11,33)20(30)13(9)18(14)28;1-4-9-5-6-13(26)15-11(9)7-10-8-12-17(25(2)3)19(28)16(22(24)31)21(30)23(12,32)20(29)14(10)18(15)27;1-3-5-7-9-10-8-6-4-2;5-6-3(7)1-2-4(6)8;1-6-9(7(2)3)8(4)5/h7,9,11,16,27-28,31,33H,4-6H2,1-3H3,(H2,25,32);5-6,10,12,17,26-27,30,32H,4,7-8H2,1-3H3,(H2,24,31);1-2H2;1-2H2;/t9-,11-,16-,23-;10-,12-,17-,23-;;;/m00.../s1. The van der Waals surface area contributed by atoms with Crippen LogP contribution in [-0.4, -0.2) is 217 Å². The Morgan fingerprint density at radius 1 is 0.674 bits per heavy atom. The molecule has 21 nitrogen and oxygen atoms in total. The summed E-state index contributed by atoms with van der Waals surface area (Å²) in [6.07, 6.45) is 1.39.